The number of aromatic amines is 2. The second kappa shape index (κ2) is 16.8. The number of hydrogen-bond acceptors (Lipinski definition) is 4. The highest BCUT2D eigenvalue weighted by atomic mass is 16.4. The molecule has 0 saturated heterocycles. The van der Waals surface area contributed by atoms with Crippen LogP contribution in [-0.4, -0.2) is 37.0 Å². The van der Waals surface area contributed by atoms with Gasteiger partial charge in [0.15, 0.2) is 5.78 Å². The molecule has 62 heavy (non-hydrogen) atoms. The predicted molar refractivity (Wildman–Crippen MR) is 257 cm³/mol. The van der Waals surface area contributed by atoms with Crippen LogP contribution in [0.25, 0.3) is 102 Å². The zero-order chi connectivity index (χ0) is 43.7. The molecule has 3 aromatic heterocycles. The van der Waals surface area contributed by atoms with Crippen molar-refractivity contribution >= 4 is 69.6 Å². The number of benzene rings is 4. The smallest absolute Gasteiger partial charge is 0.335 e. The Labute approximate surface area is 359 Å². The van der Waals surface area contributed by atoms with Gasteiger partial charge in [-0.2, -0.15) is 0 Å². The van der Waals surface area contributed by atoms with E-state index >= 15 is 0 Å². The first-order chi connectivity index (χ1) is 30.0. The van der Waals surface area contributed by atoms with E-state index in [-0.39, 0.29) is 22.9 Å². The van der Waals surface area contributed by atoms with E-state index in [4.69, 9.17) is 0 Å². The SMILES string of the molecule is C=C(O)c1ccc(-c2c3cc(c(-c4ccc(C(=O)O)cc4)c4ccc([nH]4)c(-c4ccc(C(=C)O)cc4)c4cc(c(-c5ccc(C(C)=O)cc5)c5ccc2[nH]5)C=C4)C=C3)cc1.CC. The van der Waals surface area contributed by atoms with E-state index in [2.05, 4.69) is 77.8 Å². The second-order valence-electron chi connectivity index (χ2n) is 14.9. The van der Waals surface area contributed by atoms with Gasteiger partial charge in [-0.15, -0.1) is 0 Å². The van der Waals surface area contributed by atoms with Crippen LogP contribution in [-0.2, 0) is 0 Å². The number of H-pyrrole nitrogens is 2. The Bertz CT molecular complexity index is 2740. The van der Waals surface area contributed by atoms with Crippen LogP contribution < -0.4 is 0 Å². The molecule has 5 N–H and O–H groups in total. The molecule has 7 nitrogen and oxygen atoms in total. The number of aromatic carboxylic acids is 1. The lowest BCUT2D eigenvalue weighted by atomic mass is 9.98. The Morgan fingerprint density at radius 2 is 0.661 bits per heavy atom. The van der Waals surface area contributed by atoms with Gasteiger partial charge >= 0.3 is 5.97 Å². The molecule has 7 heteroatoms. The van der Waals surface area contributed by atoms with E-state index < -0.39 is 5.97 Å². The van der Waals surface area contributed by atoms with Gasteiger partial charge in [0, 0.05) is 61.0 Å². The van der Waals surface area contributed by atoms with E-state index in [1.165, 1.54) is 0 Å². The van der Waals surface area contributed by atoms with Crippen molar-refractivity contribution < 1.29 is 24.9 Å². The number of fused-ring (bicyclic) bond motifs is 8. The van der Waals surface area contributed by atoms with Crippen molar-refractivity contribution in [1.29, 1.82) is 0 Å². The van der Waals surface area contributed by atoms with E-state index in [9.17, 15) is 24.9 Å². The molecule has 0 spiro atoms. The Kier molecular flexibility index (Phi) is 11.0. The summed E-state index contributed by atoms with van der Waals surface area (Å²) >= 11 is 0. The fraction of sp³-hybridized carbons (Fsp3) is 0.0545. The molecular weight excluding hydrogens is 769 g/mol. The Balaban J connectivity index is 0.00000261. The van der Waals surface area contributed by atoms with Gasteiger partial charge in [-0.1, -0.05) is 136 Å². The molecule has 0 radical (unpaired) electrons. The van der Waals surface area contributed by atoms with Gasteiger partial charge < -0.3 is 25.3 Å². The third kappa shape index (κ3) is 7.71. The molecule has 3 heterocycles. The molecule has 0 amide bonds. The number of aliphatic hydroxyl groups excluding tert-OH is 2. The summed E-state index contributed by atoms with van der Waals surface area (Å²) in [6, 6.07) is 42.4. The number of carboxylic acids is 1. The largest absolute Gasteiger partial charge is 0.508 e. The van der Waals surface area contributed by atoms with Crippen molar-refractivity contribution in [3.05, 3.63) is 191 Å². The predicted octanol–water partition coefficient (Wildman–Crippen LogP) is 14.5. The summed E-state index contributed by atoms with van der Waals surface area (Å²) in [7, 11) is 0. The number of ketones is 1. The van der Waals surface area contributed by atoms with E-state index in [1.54, 1.807) is 19.1 Å². The Hall–Kier alpha value is -8.16. The number of Topliss-reactive ketones (excluding diaryl/α,β-unsaturated/α-hetero) is 1. The molecule has 0 fully saturated rings. The van der Waals surface area contributed by atoms with Gasteiger partial charge in [0.05, 0.1) is 5.56 Å². The second-order valence-corrected chi connectivity index (χ2v) is 14.9. The van der Waals surface area contributed by atoms with Crippen molar-refractivity contribution in [2.24, 2.45) is 0 Å². The standard InChI is InChI=1S/C53H38N2O5.C2H6/c1-30(56)33-4-10-36(11-5-33)49-41-20-21-42(28-41)50(37-12-6-34(7-13-37)31(2)57)47-26-27-48(55-47)52(39-16-18-40(19-17-39)53(59)60)44-23-22-43(29-44)51(46-25-24-45(49)54-46)38-14-8-35(9-15-38)32(3)58;1-2/h4-29,54-55,57-58H,2-3H2,1H3,(H,59,60);1-2H3. The van der Waals surface area contributed by atoms with Gasteiger partial charge in [-0.05, 0) is 100.0 Å². The van der Waals surface area contributed by atoms with Crippen molar-refractivity contribution in [2.75, 3.05) is 0 Å². The fourth-order valence-corrected chi connectivity index (χ4v) is 8.10. The summed E-state index contributed by atoms with van der Waals surface area (Å²) in [5.41, 5.74) is 16.5. The highest BCUT2D eigenvalue weighted by molar-refractivity contribution is 6.03. The van der Waals surface area contributed by atoms with Crippen LogP contribution in [0.4, 0.5) is 0 Å². The highest BCUT2D eigenvalue weighted by Gasteiger charge is 2.18. The van der Waals surface area contributed by atoms with Gasteiger partial charge in [0.25, 0.3) is 0 Å². The molecule has 8 bridgehead atoms. The van der Waals surface area contributed by atoms with E-state index in [0.717, 1.165) is 88.8 Å². The molecule has 2 aliphatic rings. The average Bonchev–Trinajstić information content (AvgIpc) is 4.13. The first kappa shape index (κ1) is 40.6. The lowest BCUT2D eigenvalue weighted by Crippen LogP contribution is -1.95. The van der Waals surface area contributed by atoms with Crippen molar-refractivity contribution in [3.63, 3.8) is 0 Å². The summed E-state index contributed by atoms with van der Waals surface area (Å²) in [6.07, 6.45) is 8.36. The van der Waals surface area contributed by atoms with Crippen molar-refractivity contribution in [3.8, 4) is 44.5 Å². The summed E-state index contributed by atoms with van der Waals surface area (Å²) in [5.74, 6) is -1.04. The van der Waals surface area contributed by atoms with E-state index in [0.29, 0.717) is 16.7 Å². The van der Waals surface area contributed by atoms with Crippen molar-refractivity contribution in [1.82, 2.24) is 9.97 Å². The number of rotatable bonds is 8. The number of carbonyl (C=O) groups excluding carboxylic acids is 1. The van der Waals surface area contributed by atoms with Gasteiger partial charge in [-0.3, -0.25) is 4.79 Å². The zero-order valence-corrected chi connectivity index (χ0v) is 34.6. The van der Waals surface area contributed by atoms with Crippen LogP contribution in [0.2, 0.25) is 0 Å². The Morgan fingerprint density at radius 1 is 0.403 bits per heavy atom. The number of nitrogens with one attached hydrogen (secondary N) is 2. The van der Waals surface area contributed by atoms with Crippen LogP contribution in [0.3, 0.4) is 0 Å². The van der Waals surface area contributed by atoms with Gasteiger partial charge in [0.1, 0.15) is 11.5 Å². The number of hydrogen-bond donors (Lipinski definition) is 5. The molecule has 4 aromatic carbocycles. The minimum atomic E-state index is -1.000. The molecular formula is C55H44N2O5. The van der Waals surface area contributed by atoms with Gasteiger partial charge in [-0.25, -0.2) is 4.79 Å². The molecule has 9 rings (SSSR count). The molecule has 0 saturated carbocycles. The fourth-order valence-electron chi connectivity index (χ4n) is 8.10. The summed E-state index contributed by atoms with van der Waals surface area (Å²) in [6.45, 7) is 13.0. The monoisotopic (exact) mass is 812 g/mol. The maximum absolute atomic E-state index is 12.3. The lowest BCUT2D eigenvalue weighted by Gasteiger charge is -2.09. The third-order valence-electron chi connectivity index (χ3n) is 11.1. The Morgan fingerprint density at radius 3 is 0.903 bits per heavy atom. The topological polar surface area (TPSA) is 126 Å². The lowest BCUT2D eigenvalue weighted by molar-refractivity contribution is 0.0696. The number of carbonyl (C=O) groups is 2. The molecule has 7 aromatic rings. The number of aliphatic hydroxyl groups is 2. The number of carboxylic acid groups (broad SMARTS) is 1. The molecule has 304 valence electrons. The minimum Gasteiger partial charge on any atom is -0.508 e. The molecule has 2 aliphatic carbocycles. The van der Waals surface area contributed by atoms with Crippen LogP contribution in [0.15, 0.2) is 147 Å². The zero-order valence-electron chi connectivity index (χ0n) is 34.6. The third-order valence-corrected chi connectivity index (χ3v) is 11.1. The highest BCUT2D eigenvalue weighted by Crippen LogP contribution is 2.41. The molecule has 0 aliphatic heterocycles. The van der Waals surface area contributed by atoms with Crippen LogP contribution in [0, 0.1) is 0 Å². The van der Waals surface area contributed by atoms with Crippen LogP contribution in [0.1, 0.15) is 74.9 Å². The normalized spacial score (nSPS) is 11.5. The average molecular weight is 813 g/mol. The maximum atomic E-state index is 12.3. The van der Waals surface area contributed by atoms with E-state index in [1.807, 2.05) is 105 Å². The summed E-state index contributed by atoms with van der Waals surface area (Å²) in [5, 5.41) is 30.1. The minimum absolute atomic E-state index is 0.00979. The molecule has 0 unspecified atom stereocenters. The number of aromatic nitrogens is 2. The quantitative estimate of drug-likeness (QED) is 0.0771. The first-order valence-electron chi connectivity index (χ1n) is 20.4. The molecule has 0 atom stereocenters. The van der Waals surface area contributed by atoms with Crippen molar-refractivity contribution in [2.45, 2.75) is 20.8 Å². The maximum Gasteiger partial charge on any atom is 0.335 e. The summed E-state index contributed by atoms with van der Waals surface area (Å²) < 4.78 is 0. The first-order valence-corrected chi connectivity index (χ1v) is 20.4. The van der Waals surface area contributed by atoms with Crippen LogP contribution in [0.5, 0.6) is 0 Å². The van der Waals surface area contributed by atoms with Crippen LogP contribution >= 0.6 is 0 Å². The van der Waals surface area contributed by atoms with Gasteiger partial charge in [0.2, 0.25) is 0 Å². The summed E-state index contributed by atoms with van der Waals surface area (Å²) in [4.78, 5) is 31.7.